The third-order valence-corrected chi connectivity index (χ3v) is 7.51. The van der Waals surface area contributed by atoms with Gasteiger partial charge in [-0.25, -0.2) is 18.3 Å². The van der Waals surface area contributed by atoms with Crippen molar-refractivity contribution in [3.8, 4) is 0 Å². The highest BCUT2D eigenvalue weighted by molar-refractivity contribution is 9.10. The zero-order chi connectivity index (χ0) is 20.6. The summed E-state index contributed by atoms with van der Waals surface area (Å²) in [6.07, 6.45) is 0. The minimum Gasteiger partial charge on any atom is -0.391 e. The first kappa shape index (κ1) is 20.0. The van der Waals surface area contributed by atoms with E-state index in [2.05, 4.69) is 30.8 Å². The van der Waals surface area contributed by atoms with E-state index in [0.717, 1.165) is 20.1 Å². The van der Waals surface area contributed by atoms with Crippen LogP contribution < -0.4 is 10.5 Å². The first-order valence-electron chi connectivity index (χ1n) is 8.64. The van der Waals surface area contributed by atoms with Gasteiger partial charge in [0.2, 0.25) is 15.9 Å². The van der Waals surface area contributed by atoms with Gasteiger partial charge in [0, 0.05) is 15.1 Å². The normalized spacial score (nSPS) is 14.1. The van der Waals surface area contributed by atoms with Crippen LogP contribution >= 0.6 is 27.3 Å². The van der Waals surface area contributed by atoms with Crippen LogP contribution in [0, 0.1) is 0 Å². The Hall–Kier alpha value is -2.27. The topological polar surface area (TPSA) is 105 Å². The second kappa shape index (κ2) is 7.86. The number of nitrogens with one attached hydrogen (secondary N) is 2. The van der Waals surface area contributed by atoms with Crippen LogP contribution in [0.5, 0.6) is 0 Å². The first-order chi connectivity index (χ1) is 13.8. The summed E-state index contributed by atoms with van der Waals surface area (Å²) in [4.78, 5) is 11.6. The van der Waals surface area contributed by atoms with Gasteiger partial charge in [0.1, 0.15) is 6.04 Å². The highest BCUT2D eigenvalue weighted by Crippen LogP contribution is 2.36. The van der Waals surface area contributed by atoms with Crippen LogP contribution in [0.3, 0.4) is 0 Å². The molecule has 0 fully saturated rings. The molecule has 0 saturated heterocycles. The second-order valence-corrected chi connectivity index (χ2v) is 10.0. The highest BCUT2D eigenvalue weighted by Gasteiger charge is 2.31. The Morgan fingerprint density at radius 1 is 1.17 bits per heavy atom. The molecule has 4 rings (SSSR count). The number of hydrogen-bond donors (Lipinski definition) is 2. The molecule has 2 heterocycles. The Kier molecular flexibility index (Phi) is 5.43. The molecule has 7 nitrogen and oxygen atoms in total. The maximum atomic E-state index is 13.0. The summed E-state index contributed by atoms with van der Waals surface area (Å²) in [5.74, 6) is -1.12. The molecule has 0 saturated carbocycles. The minimum absolute atomic E-state index is 0.0181. The van der Waals surface area contributed by atoms with Gasteiger partial charge in [0.15, 0.2) is 0 Å². The summed E-state index contributed by atoms with van der Waals surface area (Å²) in [6.45, 7) is 1.87. The Labute approximate surface area is 179 Å². The second-order valence-electron chi connectivity index (χ2n) is 6.47. The van der Waals surface area contributed by atoms with E-state index in [4.69, 9.17) is 4.42 Å². The summed E-state index contributed by atoms with van der Waals surface area (Å²) >= 11 is 4.90. The summed E-state index contributed by atoms with van der Waals surface area (Å²) in [5.41, 5.74) is 0.929. The van der Waals surface area contributed by atoms with E-state index in [1.807, 2.05) is 36.6 Å². The fourth-order valence-electron chi connectivity index (χ4n) is 3.18. The number of hydrogen-bond acceptors (Lipinski definition) is 6. The van der Waals surface area contributed by atoms with Crippen molar-refractivity contribution in [2.45, 2.75) is 23.8 Å². The Morgan fingerprint density at radius 3 is 2.62 bits per heavy atom. The van der Waals surface area contributed by atoms with Crippen molar-refractivity contribution in [2.75, 3.05) is 0 Å². The number of fused-ring (bicyclic) bond motifs is 1. The van der Waals surface area contributed by atoms with Crippen molar-refractivity contribution in [1.29, 1.82) is 0 Å². The number of sulfonamides is 1. The molecular formula is C19H16BrN3O4S2. The molecule has 150 valence electrons. The molecule has 0 aliphatic heterocycles. The number of aromatic nitrogens is 2. The quantitative estimate of drug-likeness (QED) is 0.419. The molecule has 0 bridgehead atoms. The van der Waals surface area contributed by atoms with Crippen LogP contribution in [0.1, 0.15) is 30.3 Å². The molecule has 0 radical (unpaired) electrons. The van der Waals surface area contributed by atoms with Crippen molar-refractivity contribution >= 4 is 47.4 Å². The largest absolute Gasteiger partial charge is 0.434 e. The molecule has 4 aromatic rings. The van der Waals surface area contributed by atoms with Crippen LogP contribution in [0.2, 0.25) is 0 Å². The van der Waals surface area contributed by atoms with E-state index in [1.54, 1.807) is 23.5 Å². The average molecular weight is 494 g/mol. The Bertz CT molecular complexity index is 1310. The number of thiophene rings is 1. The van der Waals surface area contributed by atoms with Crippen LogP contribution in [0.4, 0.5) is 0 Å². The number of halogens is 1. The van der Waals surface area contributed by atoms with Gasteiger partial charge in [-0.1, -0.05) is 35.0 Å². The zero-order valence-electron chi connectivity index (χ0n) is 15.1. The number of rotatable bonds is 6. The van der Waals surface area contributed by atoms with E-state index in [1.165, 1.54) is 12.1 Å². The third-order valence-electron chi connectivity index (χ3n) is 4.65. The summed E-state index contributed by atoms with van der Waals surface area (Å²) in [6, 6.07) is 13.3. The van der Waals surface area contributed by atoms with Crippen LogP contribution in [0.15, 0.2) is 72.5 Å². The molecular weight excluding hydrogens is 478 g/mol. The van der Waals surface area contributed by atoms with Gasteiger partial charge in [-0.3, -0.25) is 0 Å². The zero-order valence-corrected chi connectivity index (χ0v) is 18.3. The van der Waals surface area contributed by atoms with Gasteiger partial charge < -0.3 is 4.42 Å². The smallest absolute Gasteiger partial charge is 0.391 e. The van der Waals surface area contributed by atoms with Gasteiger partial charge in [0.25, 0.3) is 0 Å². The molecule has 29 heavy (non-hydrogen) atoms. The standard InChI is InChI=1S/C19H16BrN3O4S2/c1-11(14-3-2-4-16-15(14)9-10-28-16)17(18-21-22-19(24)27-18)23-29(25,26)13-7-5-12(20)6-8-13/h2-11,17,23H,1H3,(H,22,24). The maximum absolute atomic E-state index is 13.0. The van der Waals surface area contributed by atoms with E-state index in [0.29, 0.717) is 0 Å². The van der Waals surface area contributed by atoms with E-state index in [-0.39, 0.29) is 16.7 Å². The van der Waals surface area contributed by atoms with Crippen molar-refractivity contribution < 1.29 is 12.8 Å². The van der Waals surface area contributed by atoms with Gasteiger partial charge >= 0.3 is 5.76 Å². The average Bonchev–Trinajstić information content (AvgIpc) is 3.34. The van der Waals surface area contributed by atoms with Crippen LogP contribution in [0.25, 0.3) is 10.1 Å². The van der Waals surface area contributed by atoms with Crippen LogP contribution in [-0.2, 0) is 10.0 Å². The molecule has 10 heteroatoms. The maximum Gasteiger partial charge on any atom is 0.434 e. The SMILES string of the molecule is CC(c1cccc2sccc12)C(NS(=O)(=O)c1ccc(Br)cc1)c1n[nH]c(=O)o1. The molecule has 0 aliphatic carbocycles. The predicted molar refractivity (Wildman–Crippen MR) is 115 cm³/mol. The van der Waals surface area contributed by atoms with E-state index < -0.39 is 21.8 Å². The number of aromatic amines is 1. The van der Waals surface area contributed by atoms with E-state index in [9.17, 15) is 13.2 Å². The number of H-pyrrole nitrogens is 1. The van der Waals surface area contributed by atoms with Crippen molar-refractivity contribution in [1.82, 2.24) is 14.9 Å². The molecule has 0 spiro atoms. The summed E-state index contributed by atoms with van der Waals surface area (Å²) in [7, 11) is -3.89. The lowest BCUT2D eigenvalue weighted by Gasteiger charge is -2.23. The Morgan fingerprint density at radius 2 is 1.93 bits per heavy atom. The number of benzene rings is 2. The Balaban J connectivity index is 1.77. The molecule has 2 aromatic heterocycles. The van der Waals surface area contributed by atoms with Gasteiger partial charge in [0.05, 0.1) is 4.90 Å². The molecule has 0 amide bonds. The molecule has 0 aliphatic rings. The lowest BCUT2D eigenvalue weighted by atomic mass is 9.91. The first-order valence-corrected chi connectivity index (χ1v) is 11.8. The number of nitrogens with zero attached hydrogens (tertiary/aromatic N) is 1. The fraction of sp³-hybridized carbons (Fsp3) is 0.158. The fourth-order valence-corrected chi connectivity index (χ4v) is 5.54. The molecule has 2 N–H and O–H groups in total. The van der Waals surface area contributed by atoms with Crippen molar-refractivity contribution in [3.05, 3.63) is 80.4 Å². The molecule has 2 unspecified atom stereocenters. The van der Waals surface area contributed by atoms with Crippen molar-refractivity contribution in [3.63, 3.8) is 0 Å². The predicted octanol–water partition coefficient (Wildman–Crippen LogP) is 4.16. The summed E-state index contributed by atoms with van der Waals surface area (Å²) < 4.78 is 35.6. The highest BCUT2D eigenvalue weighted by atomic mass is 79.9. The lowest BCUT2D eigenvalue weighted by Crippen LogP contribution is -2.32. The van der Waals surface area contributed by atoms with Crippen molar-refractivity contribution in [2.24, 2.45) is 0 Å². The molecule has 2 aromatic carbocycles. The van der Waals surface area contributed by atoms with E-state index >= 15 is 0 Å². The molecule has 2 atom stereocenters. The minimum atomic E-state index is -3.89. The van der Waals surface area contributed by atoms with Gasteiger partial charge in [-0.15, -0.1) is 16.4 Å². The monoisotopic (exact) mass is 493 g/mol. The third kappa shape index (κ3) is 4.06. The van der Waals surface area contributed by atoms with Gasteiger partial charge in [-0.05, 0) is 52.7 Å². The lowest BCUT2D eigenvalue weighted by molar-refractivity contribution is 0.382. The van der Waals surface area contributed by atoms with Crippen LogP contribution in [-0.4, -0.2) is 18.6 Å². The summed E-state index contributed by atoms with van der Waals surface area (Å²) in [5, 5.41) is 9.10. The van der Waals surface area contributed by atoms with Gasteiger partial charge in [-0.2, -0.15) is 4.72 Å².